The molecular formula is C19H21N5O4. The number of ether oxygens (including phenoxy) is 2. The zero-order valence-corrected chi connectivity index (χ0v) is 14.9. The summed E-state index contributed by atoms with van der Waals surface area (Å²) in [5.41, 5.74) is 5.86. The third kappa shape index (κ3) is 3.15. The van der Waals surface area contributed by atoms with Gasteiger partial charge in [-0.25, -0.2) is 4.98 Å². The molecule has 0 bridgehead atoms. The van der Waals surface area contributed by atoms with E-state index < -0.39 is 62.0 Å². The number of aromatic nitrogens is 2. The number of nitrogens with zero attached hydrogens (tertiary/aromatic N) is 4. The average molecular weight is 392 g/mol. The minimum absolute atomic E-state index is 0.0699. The van der Waals surface area contributed by atoms with Gasteiger partial charge in [-0.3, -0.25) is 4.79 Å². The predicted molar refractivity (Wildman–Crippen MR) is 104 cm³/mol. The smallest absolute Gasteiger partial charge is 0.289 e. The van der Waals surface area contributed by atoms with E-state index in [0.717, 1.165) is 4.90 Å². The van der Waals surface area contributed by atoms with Gasteiger partial charge in [0, 0.05) is 37.5 Å². The Morgan fingerprint density at radius 3 is 2.61 bits per heavy atom. The number of nitrogens with two attached hydrogens (primary N) is 1. The fraction of sp³-hybridized carbons (Fsp3) is 0.316. The van der Waals surface area contributed by atoms with E-state index in [2.05, 4.69) is 9.97 Å². The number of piperazine rings is 1. The van der Waals surface area contributed by atoms with E-state index in [1.807, 2.05) is 0 Å². The van der Waals surface area contributed by atoms with Crippen molar-refractivity contribution in [1.29, 1.82) is 0 Å². The lowest BCUT2D eigenvalue weighted by Crippen LogP contribution is -2.49. The van der Waals surface area contributed by atoms with Crippen LogP contribution in [-0.4, -0.2) is 61.1 Å². The molecule has 1 amide bonds. The molecule has 9 nitrogen and oxygen atoms in total. The molecule has 0 radical (unpaired) electrons. The summed E-state index contributed by atoms with van der Waals surface area (Å²) in [6, 6.07) is -1.90. The summed E-state index contributed by atoms with van der Waals surface area (Å²) >= 11 is 0. The molecule has 2 N–H and O–H groups in total. The minimum Gasteiger partial charge on any atom is -0.493 e. The van der Waals surface area contributed by atoms with E-state index in [1.165, 1.54) is 14.2 Å². The van der Waals surface area contributed by atoms with Gasteiger partial charge in [0.25, 0.3) is 5.91 Å². The number of benzene rings is 1. The van der Waals surface area contributed by atoms with E-state index >= 15 is 0 Å². The Balaban J connectivity index is 1.81. The third-order valence-corrected chi connectivity index (χ3v) is 3.91. The lowest BCUT2D eigenvalue weighted by Gasteiger charge is -2.34. The first kappa shape index (κ1) is 10.2. The van der Waals surface area contributed by atoms with Gasteiger partial charge in [-0.1, -0.05) is 0 Å². The van der Waals surface area contributed by atoms with Crippen molar-refractivity contribution >= 4 is 28.6 Å². The van der Waals surface area contributed by atoms with Crippen LogP contribution in [0.3, 0.4) is 0 Å². The predicted octanol–water partition coefficient (Wildman–Crippen LogP) is 1.78. The van der Waals surface area contributed by atoms with Crippen LogP contribution in [0.15, 0.2) is 34.8 Å². The van der Waals surface area contributed by atoms with Crippen LogP contribution in [0.4, 0.5) is 11.8 Å². The summed E-state index contributed by atoms with van der Waals surface area (Å²) in [4.78, 5) is 22.4. The van der Waals surface area contributed by atoms with Crippen LogP contribution in [-0.2, 0) is 0 Å². The number of amides is 1. The first-order chi connectivity index (χ1) is 17.2. The van der Waals surface area contributed by atoms with Crippen molar-refractivity contribution in [1.82, 2.24) is 14.9 Å². The maximum absolute atomic E-state index is 12.9. The number of hydrogen-bond acceptors (Lipinski definition) is 8. The molecule has 9 heteroatoms. The van der Waals surface area contributed by atoms with E-state index in [9.17, 15) is 4.79 Å². The van der Waals surface area contributed by atoms with Gasteiger partial charge in [0.1, 0.15) is 7.19 Å². The quantitative estimate of drug-likeness (QED) is 0.716. The number of methoxy groups -OCH3 is 2. The summed E-state index contributed by atoms with van der Waals surface area (Å²) in [6.07, 6.45) is -0.718. The number of fused-ring (bicyclic) bond motifs is 1. The minimum atomic E-state index is -2.64. The molecule has 1 aliphatic rings. The molecule has 2 aromatic heterocycles. The highest BCUT2D eigenvalue weighted by Crippen LogP contribution is 2.34. The summed E-state index contributed by atoms with van der Waals surface area (Å²) in [5.74, 6) is -2.81. The molecule has 4 rings (SSSR count). The van der Waals surface area contributed by atoms with Gasteiger partial charge in [-0.15, -0.1) is 0 Å². The number of nitrogen functional groups attached to an aromatic ring is 1. The Morgan fingerprint density at radius 1 is 1.25 bits per heavy atom. The molecular weight excluding hydrogens is 362 g/mol. The molecule has 0 aliphatic carbocycles. The first-order valence-corrected chi connectivity index (χ1v) is 8.00. The van der Waals surface area contributed by atoms with Gasteiger partial charge < -0.3 is 29.4 Å². The molecule has 1 saturated heterocycles. The van der Waals surface area contributed by atoms with Crippen LogP contribution < -0.4 is 20.1 Å². The van der Waals surface area contributed by atoms with E-state index in [4.69, 9.17) is 32.0 Å². The van der Waals surface area contributed by atoms with Gasteiger partial charge in [0.05, 0.1) is 36.9 Å². The van der Waals surface area contributed by atoms with Crippen molar-refractivity contribution in [2.45, 2.75) is 0 Å². The van der Waals surface area contributed by atoms with E-state index in [0.29, 0.717) is 4.90 Å². The topological polar surface area (TPSA) is 107 Å². The third-order valence-electron chi connectivity index (χ3n) is 3.91. The van der Waals surface area contributed by atoms with E-state index in [-0.39, 0.29) is 40.3 Å². The molecule has 28 heavy (non-hydrogen) atoms. The second-order valence-corrected chi connectivity index (χ2v) is 5.55. The maximum atomic E-state index is 12.9. The highest BCUT2D eigenvalue weighted by Gasteiger charge is 2.25. The standard InChI is InChI=1S/C19H21N5O4/c1-26-15-10-12-13(11-16(15)27-2)21-19(22-17(12)20)24-7-5-23(6-8-24)18(25)14-4-3-9-28-14/h3-4,9-11H,5-8H2,1-2H3,(H2,20,21,22)/i3D,4D,7D2,8D2,9D,10D,11D. The second-order valence-electron chi connectivity index (χ2n) is 5.55. The molecule has 1 fully saturated rings. The molecule has 1 aromatic carbocycles. The van der Waals surface area contributed by atoms with Crippen molar-refractivity contribution in [3.05, 3.63) is 36.2 Å². The number of carbonyl (C=O) groups is 1. The van der Waals surface area contributed by atoms with E-state index in [1.54, 1.807) is 0 Å². The normalized spacial score (nSPS) is 22.6. The summed E-state index contributed by atoms with van der Waals surface area (Å²) in [6.45, 7) is -6.72. The Morgan fingerprint density at radius 2 is 1.96 bits per heavy atom. The summed E-state index contributed by atoms with van der Waals surface area (Å²) in [5, 5.41) is -0.0699. The monoisotopic (exact) mass is 392 g/mol. The highest BCUT2D eigenvalue weighted by molar-refractivity contribution is 5.92. The molecule has 1 aliphatic heterocycles. The largest absolute Gasteiger partial charge is 0.493 e. The number of carbonyl (C=O) groups excluding carboxylic acids is 1. The number of furan rings is 1. The molecule has 0 atom stereocenters. The van der Waals surface area contributed by atoms with Crippen LogP contribution in [0.2, 0.25) is 0 Å². The van der Waals surface area contributed by atoms with Crippen LogP contribution >= 0.6 is 0 Å². The highest BCUT2D eigenvalue weighted by atomic mass is 16.5. The van der Waals surface area contributed by atoms with Crippen LogP contribution in [0.25, 0.3) is 10.9 Å². The Bertz CT molecular complexity index is 1410. The maximum Gasteiger partial charge on any atom is 0.289 e. The SMILES string of the molecule is [2H]c1oc(C(=O)N2CC([2H])([2H])N(c3nc(N)c4c([2H])c(OC)c(OC)c([2H])c4n3)C([2H])([2H])C2)c([2H])c1[2H]. The fourth-order valence-corrected chi connectivity index (χ4v) is 2.54. The zero-order valence-electron chi connectivity index (χ0n) is 23.9. The van der Waals surface area contributed by atoms with Crippen LogP contribution in [0.1, 0.15) is 22.9 Å². The molecule has 0 saturated carbocycles. The lowest BCUT2D eigenvalue weighted by atomic mass is 10.2. The van der Waals surface area contributed by atoms with Crippen LogP contribution in [0.5, 0.6) is 11.5 Å². The van der Waals surface area contributed by atoms with Crippen molar-refractivity contribution < 1.29 is 31.0 Å². The average Bonchev–Trinajstić information content (AvgIpc) is 3.05. The second kappa shape index (κ2) is 7.26. The van der Waals surface area contributed by atoms with Gasteiger partial charge in [-0.2, -0.15) is 4.98 Å². The van der Waals surface area contributed by atoms with Gasteiger partial charge in [0.2, 0.25) is 5.95 Å². The molecule has 3 heterocycles. The van der Waals surface area contributed by atoms with Crippen molar-refractivity contribution in [2.75, 3.05) is 50.9 Å². The lowest BCUT2D eigenvalue weighted by molar-refractivity contribution is 0.0714. The molecule has 3 aromatic rings. The first-order valence-electron chi connectivity index (χ1n) is 12.5. The fourth-order valence-electron chi connectivity index (χ4n) is 2.54. The van der Waals surface area contributed by atoms with Gasteiger partial charge >= 0.3 is 0 Å². The number of rotatable bonds is 4. The van der Waals surface area contributed by atoms with Crippen molar-refractivity contribution in [3.63, 3.8) is 0 Å². The summed E-state index contributed by atoms with van der Waals surface area (Å²) in [7, 11) is 2.54. The Hall–Kier alpha value is -3.49. The van der Waals surface area contributed by atoms with Gasteiger partial charge in [0.15, 0.2) is 17.3 Å². The molecule has 0 unspecified atom stereocenters. The summed E-state index contributed by atoms with van der Waals surface area (Å²) < 4.78 is 89.1. The Kier molecular flexibility index (Phi) is 2.63. The van der Waals surface area contributed by atoms with Crippen molar-refractivity contribution in [2.24, 2.45) is 0 Å². The van der Waals surface area contributed by atoms with Crippen molar-refractivity contribution in [3.8, 4) is 11.5 Å². The number of anilines is 2. The molecule has 146 valence electrons. The molecule has 0 spiro atoms. The Labute approximate surface area is 174 Å². The number of hydrogen-bond donors (Lipinski definition) is 1. The zero-order chi connectivity index (χ0) is 27.6. The van der Waals surface area contributed by atoms with Crippen LogP contribution in [0, 0.1) is 0 Å². The van der Waals surface area contributed by atoms with Gasteiger partial charge in [-0.05, 0) is 18.1 Å².